The molecule has 0 bridgehead atoms. The van der Waals surface area contributed by atoms with Gasteiger partial charge in [0.25, 0.3) is 0 Å². The molecule has 2 fully saturated rings. The van der Waals surface area contributed by atoms with Crippen LogP contribution in [-0.4, -0.2) is 40.6 Å². The van der Waals surface area contributed by atoms with E-state index in [9.17, 15) is 0 Å². The summed E-state index contributed by atoms with van der Waals surface area (Å²) in [4.78, 5) is 0. The molecule has 2 heterocycles. The Morgan fingerprint density at radius 3 is 2.38 bits per heavy atom. The summed E-state index contributed by atoms with van der Waals surface area (Å²) in [6.07, 6.45) is 2.74. The molecule has 0 amide bonds. The molecule has 3 nitrogen and oxygen atoms in total. The van der Waals surface area contributed by atoms with E-state index in [4.69, 9.17) is 0 Å². The van der Waals surface area contributed by atoms with Gasteiger partial charge in [0.05, 0.1) is 0 Å². The van der Waals surface area contributed by atoms with Crippen molar-refractivity contribution in [2.75, 3.05) is 17.8 Å². The molecule has 2 saturated heterocycles. The van der Waals surface area contributed by atoms with E-state index in [1.807, 2.05) is 0 Å². The van der Waals surface area contributed by atoms with Gasteiger partial charge >= 0.3 is 0 Å². The number of hydrogen-bond donors (Lipinski definition) is 0. The minimum atomic E-state index is -0.368. The van der Waals surface area contributed by atoms with Crippen LogP contribution in [0.4, 0.5) is 5.69 Å². The van der Waals surface area contributed by atoms with E-state index in [1.54, 1.807) is 0 Å². The van der Waals surface area contributed by atoms with Gasteiger partial charge in [-0.2, -0.15) is 0 Å². The van der Waals surface area contributed by atoms with Gasteiger partial charge < -0.3 is 4.67 Å². The van der Waals surface area contributed by atoms with Crippen molar-refractivity contribution in [2.24, 2.45) is 0 Å². The number of fused-ring (bicyclic) bond motifs is 1. The topological polar surface area (TPSA) is 9.72 Å². The maximum atomic E-state index is 2.79. The zero-order chi connectivity index (χ0) is 15.0. The highest BCUT2D eigenvalue weighted by molar-refractivity contribution is 7.55. The number of para-hydroxylation sites is 1. The van der Waals surface area contributed by atoms with Gasteiger partial charge in [-0.25, -0.2) is 9.34 Å². The third-order valence-electron chi connectivity index (χ3n) is 4.49. The van der Waals surface area contributed by atoms with Crippen LogP contribution in [0, 0.1) is 0 Å². The van der Waals surface area contributed by atoms with Gasteiger partial charge in [-0.05, 0) is 52.7 Å². The highest BCUT2D eigenvalue weighted by Gasteiger charge is 2.46. The van der Waals surface area contributed by atoms with Gasteiger partial charge in [0.1, 0.15) is 8.37 Å². The summed E-state index contributed by atoms with van der Waals surface area (Å²) in [5.41, 5.74) is 1.39. The van der Waals surface area contributed by atoms with Crippen LogP contribution in [0.5, 0.6) is 0 Å². The lowest BCUT2D eigenvalue weighted by Gasteiger charge is -2.43. The lowest BCUT2D eigenvalue weighted by Crippen LogP contribution is -2.39. The smallest absolute Gasteiger partial charge is 0.150 e. The van der Waals surface area contributed by atoms with Crippen molar-refractivity contribution in [1.29, 1.82) is 0 Å². The second-order valence-electron chi connectivity index (χ2n) is 6.71. The fourth-order valence-electron chi connectivity index (χ4n) is 3.73. The first-order valence-electron chi connectivity index (χ1n) is 8.27. The maximum absolute atomic E-state index is 2.79. The summed E-state index contributed by atoms with van der Waals surface area (Å²) in [5.74, 6) is 0. The summed E-state index contributed by atoms with van der Waals surface area (Å²) in [6.45, 7) is 11.8. The Bertz CT molecular complexity index is 454. The Hall–Kier alpha value is -0.630. The average Bonchev–Trinajstić information content (AvgIpc) is 3.01. The van der Waals surface area contributed by atoms with Crippen molar-refractivity contribution >= 4 is 14.1 Å². The largest absolute Gasteiger partial charge is 0.324 e. The van der Waals surface area contributed by atoms with Crippen LogP contribution < -0.4 is 4.67 Å². The summed E-state index contributed by atoms with van der Waals surface area (Å²) >= 11 is 0. The van der Waals surface area contributed by atoms with E-state index in [-0.39, 0.29) is 8.37 Å². The molecule has 1 aromatic rings. The molecule has 4 heteroatoms. The highest BCUT2D eigenvalue weighted by atomic mass is 31.2. The van der Waals surface area contributed by atoms with Crippen molar-refractivity contribution < 1.29 is 0 Å². The van der Waals surface area contributed by atoms with E-state index < -0.39 is 0 Å². The lowest BCUT2D eigenvalue weighted by atomic mass is 10.2. The number of rotatable bonds is 4. The summed E-state index contributed by atoms with van der Waals surface area (Å²) < 4.78 is 8.20. The van der Waals surface area contributed by atoms with Crippen LogP contribution in [0.15, 0.2) is 30.3 Å². The highest BCUT2D eigenvalue weighted by Crippen LogP contribution is 2.59. The molecule has 2 aliphatic heterocycles. The van der Waals surface area contributed by atoms with Crippen molar-refractivity contribution in [3.63, 3.8) is 0 Å². The van der Waals surface area contributed by atoms with Gasteiger partial charge in [-0.15, -0.1) is 0 Å². The van der Waals surface area contributed by atoms with E-state index in [0.29, 0.717) is 12.1 Å². The molecule has 2 aliphatic rings. The molecule has 21 heavy (non-hydrogen) atoms. The Morgan fingerprint density at radius 2 is 1.76 bits per heavy atom. The monoisotopic (exact) mass is 305 g/mol. The first kappa shape index (κ1) is 15.3. The number of nitrogens with zero attached hydrogens (tertiary/aromatic N) is 3. The molecule has 1 aromatic carbocycles. The van der Waals surface area contributed by atoms with Crippen LogP contribution in [0.25, 0.3) is 0 Å². The minimum absolute atomic E-state index is 0.368. The van der Waals surface area contributed by atoms with Crippen molar-refractivity contribution in [2.45, 2.75) is 58.7 Å². The Kier molecular flexibility index (Phi) is 4.54. The van der Waals surface area contributed by atoms with Crippen LogP contribution in [0.1, 0.15) is 40.5 Å². The van der Waals surface area contributed by atoms with Gasteiger partial charge in [-0.1, -0.05) is 18.2 Å². The Morgan fingerprint density at radius 1 is 1.10 bits per heavy atom. The number of hydrogen-bond acceptors (Lipinski definition) is 3. The zero-order valence-corrected chi connectivity index (χ0v) is 14.6. The van der Waals surface area contributed by atoms with E-state index in [1.165, 1.54) is 31.6 Å². The standard InChI is InChI=1S/C17H28N3P/c1-14(2)20(15(3)4)21-18-12-8-11-17(18)13-19(21)16-9-6-5-7-10-16/h5-7,9-10,14-15,17H,8,11-13H2,1-4H3/t17-,21?/m0/s1. The molecular weight excluding hydrogens is 277 g/mol. The molecule has 0 N–H and O–H groups in total. The van der Waals surface area contributed by atoms with Gasteiger partial charge in [0.15, 0.2) is 0 Å². The number of benzene rings is 1. The first-order valence-corrected chi connectivity index (χ1v) is 9.47. The molecule has 1 unspecified atom stereocenters. The average molecular weight is 305 g/mol. The fraction of sp³-hybridized carbons (Fsp3) is 0.647. The second kappa shape index (κ2) is 6.24. The van der Waals surface area contributed by atoms with E-state index in [0.717, 1.165) is 6.04 Å². The minimum Gasteiger partial charge on any atom is -0.324 e. The van der Waals surface area contributed by atoms with Crippen LogP contribution >= 0.6 is 8.37 Å². The third-order valence-corrected chi connectivity index (χ3v) is 7.64. The molecule has 2 atom stereocenters. The van der Waals surface area contributed by atoms with Crippen LogP contribution in [0.3, 0.4) is 0 Å². The van der Waals surface area contributed by atoms with Crippen molar-refractivity contribution in [3.8, 4) is 0 Å². The van der Waals surface area contributed by atoms with Crippen molar-refractivity contribution in [1.82, 2.24) is 9.34 Å². The summed E-state index contributed by atoms with van der Waals surface area (Å²) in [7, 11) is -0.368. The zero-order valence-electron chi connectivity index (χ0n) is 13.7. The summed E-state index contributed by atoms with van der Waals surface area (Å²) in [5, 5.41) is 0. The molecule has 0 saturated carbocycles. The predicted molar refractivity (Wildman–Crippen MR) is 92.5 cm³/mol. The number of anilines is 1. The quantitative estimate of drug-likeness (QED) is 0.767. The molecule has 0 aliphatic carbocycles. The molecule has 0 radical (unpaired) electrons. The van der Waals surface area contributed by atoms with Gasteiger partial charge in [0.2, 0.25) is 0 Å². The van der Waals surface area contributed by atoms with Gasteiger partial charge in [0, 0.05) is 36.9 Å². The SMILES string of the molecule is CC(C)N(C(C)C)P1N(c2ccccc2)C[C@@H]2CCCN21. The maximum Gasteiger partial charge on any atom is 0.150 e. The fourth-order valence-corrected chi connectivity index (χ4v) is 6.82. The van der Waals surface area contributed by atoms with Gasteiger partial charge in [-0.3, -0.25) is 0 Å². The molecular formula is C17H28N3P. The molecule has 116 valence electrons. The molecule has 0 aromatic heterocycles. The normalized spacial score (nSPS) is 26.3. The van der Waals surface area contributed by atoms with E-state index in [2.05, 4.69) is 72.0 Å². The lowest BCUT2D eigenvalue weighted by molar-refractivity contribution is 0.301. The van der Waals surface area contributed by atoms with Crippen LogP contribution in [-0.2, 0) is 0 Å². The second-order valence-corrected chi connectivity index (χ2v) is 8.71. The van der Waals surface area contributed by atoms with Crippen molar-refractivity contribution in [3.05, 3.63) is 30.3 Å². The predicted octanol–water partition coefficient (Wildman–Crippen LogP) is 4.32. The van der Waals surface area contributed by atoms with E-state index >= 15 is 0 Å². The van der Waals surface area contributed by atoms with Crippen LogP contribution in [0.2, 0.25) is 0 Å². The Balaban J connectivity index is 1.95. The third kappa shape index (κ3) is 2.84. The molecule has 3 rings (SSSR count). The molecule has 0 spiro atoms. The first-order chi connectivity index (χ1) is 10.1. The Labute approximate surface area is 130 Å². The summed E-state index contributed by atoms with van der Waals surface area (Å²) in [6, 6.07) is 12.9.